The molecule has 1 amide bonds. The minimum Gasteiger partial charge on any atom is -0.507 e. The first-order valence-corrected chi connectivity index (χ1v) is 14.5. The van der Waals surface area contributed by atoms with E-state index in [9.17, 15) is 19.5 Å². The minimum absolute atomic E-state index is 0.00478. The Bertz CT molecular complexity index is 1540. The Balaban J connectivity index is 1.64. The Morgan fingerprint density at radius 2 is 2.00 bits per heavy atom. The average molecular weight is 577 g/mol. The molecule has 2 unspecified atom stereocenters. The molecule has 1 saturated heterocycles. The summed E-state index contributed by atoms with van der Waals surface area (Å²) in [4.78, 5) is 45.7. The van der Waals surface area contributed by atoms with Crippen molar-refractivity contribution in [1.82, 2.24) is 4.98 Å². The minimum atomic E-state index is -1.01. The normalized spacial score (nSPS) is 19.3. The summed E-state index contributed by atoms with van der Waals surface area (Å²) >= 11 is 0.971. The number of hydrogen-bond acceptors (Lipinski definition) is 9. The number of ketones is 1. The van der Waals surface area contributed by atoms with Crippen molar-refractivity contribution in [1.29, 1.82) is 0 Å². The molecule has 3 heterocycles. The molecule has 41 heavy (non-hydrogen) atoms. The molecule has 1 aromatic heterocycles. The molecular weight excluding hydrogens is 544 g/mol. The van der Waals surface area contributed by atoms with Gasteiger partial charge in [-0.25, -0.2) is 9.78 Å². The van der Waals surface area contributed by atoms with Crippen molar-refractivity contribution in [2.45, 2.75) is 59.1 Å². The third kappa shape index (κ3) is 5.44. The van der Waals surface area contributed by atoms with Gasteiger partial charge in [-0.05, 0) is 68.7 Å². The number of fused-ring (bicyclic) bond motifs is 1. The summed E-state index contributed by atoms with van der Waals surface area (Å²) in [7, 11) is 0. The topological polar surface area (TPSA) is 115 Å². The number of aliphatic hydroxyl groups excluding tert-OH is 1. The lowest BCUT2D eigenvalue weighted by Crippen LogP contribution is -2.29. The number of aryl methyl sites for hydroxylation is 1. The molecule has 0 radical (unpaired) electrons. The fourth-order valence-corrected chi connectivity index (χ4v) is 6.04. The molecule has 0 spiro atoms. The molecule has 0 bridgehead atoms. The van der Waals surface area contributed by atoms with Gasteiger partial charge in [0.05, 0.1) is 30.5 Å². The second-order valence-electron chi connectivity index (χ2n) is 10.0. The first kappa shape index (κ1) is 28.4. The Morgan fingerprint density at radius 3 is 2.76 bits per heavy atom. The standard InChI is InChI=1S/C31H32N2O7S/c1-5-7-13-39-22-10-8-9-19(16-22)25-24(26(34)20-11-12-23-21(15-20)14-17(3)40-23)27(35)29(36)33(25)31-32-18(4)28(41-31)30(37)38-6-2/h8-12,15-17,25,34H,5-7,13-14H2,1-4H3/b26-24+. The van der Waals surface area contributed by atoms with Crippen molar-refractivity contribution in [2.75, 3.05) is 18.1 Å². The van der Waals surface area contributed by atoms with E-state index in [2.05, 4.69) is 11.9 Å². The van der Waals surface area contributed by atoms with E-state index >= 15 is 0 Å². The Morgan fingerprint density at radius 1 is 1.20 bits per heavy atom. The van der Waals surface area contributed by atoms with Crippen LogP contribution in [0.25, 0.3) is 5.76 Å². The van der Waals surface area contributed by atoms with Crippen molar-refractivity contribution in [3.63, 3.8) is 0 Å². The van der Waals surface area contributed by atoms with Crippen molar-refractivity contribution in [3.05, 3.63) is 75.3 Å². The highest BCUT2D eigenvalue weighted by molar-refractivity contribution is 7.17. The van der Waals surface area contributed by atoms with Gasteiger partial charge >= 0.3 is 11.9 Å². The van der Waals surface area contributed by atoms with Gasteiger partial charge in [0.1, 0.15) is 28.2 Å². The van der Waals surface area contributed by atoms with Gasteiger partial charge in [0, 0.05) is 12.0 Å². The fourth-order valence-electron chi connectivity index (χ4n) is 5.05. The summed E-state index contributed by atoms with van der Waals surface area (Å²) in [5, 5.41) is 11.7. The summed E-state index contributed by atoms with van der Waals surface area (Å²) in [6, 6.07) is 11.3. The quantitative estimate of drug-likeness (QED) is 0.112. The van der Waals surface area contributed by atoms with Crippen LogP contribution in [0.3, 0.4) is 0 Å². The van der Waals surface area contributed by atoms with Crippen LogP contribution in [0, 0.1) is 6.92 Å². The van der Waals surface area contributed by atoms with Crippen LogP contribution in [0.5, 0.6) is 11.5 Å². The lowest BCUT2D eigenvalue weighted by molar-refractivity contribution is -0.132. The van der Waals surface area contributed by atoms with Crippen molar-refractivity contribution < 1.29 is 33.7 Å². The predicted octanol–water partition coefficient (Wildman–Crippen LogP) is 5.76. The SMILES string of the molecule is CCCCOc1cccc(C2/C(=C(\O)c3ccc4c(c3)CC(C)O4)C(=O)C(=O)N2c2nc(C)c(C(=O)OCC)s2)c1. The molecule has 2 aliphatic heterocycles. The average Bonchev–Trinajstić information content (AvgIpc) is 3.60. The number of carbonyl (C=O) groups excluding carboxylic acids is 3. The maximum Gasteiger partial charge on any atom is 0.350 e. The summed E-state index contributed by atoms with van der Waals surface area (Å²) in [6.45, 7) is 8.08. The zero-order valence-corrected chi connectivity index (χ0v) is 24.2. The summed E-state index contributed by atoms with van der Waals surface area (Å²) < 4.78 is 16.9. The van der Waals surface area contributed by atoms with Gasteiger partial charge in [0.2, 0.25) is 0 Å². The number of nitrogens with zero attached hydrogens (tertiary/aromatic N) is 2. The molecule has 2 aromatic carbocycles. The maximum absolute atomic E-state index is 13.6. The van der Waals surface area contributed by atoms with E-state index in [1.165, 1.54) is 4.90 Å². The predicted molar refractivity (Wildman–Crippen MR) is 155 cm³/mol. The van der Waals surface area contributed by atoms with Crippen LogP contribution in [-0.2, 0) is 20.7 Å². The van der Waals surface area contributed by atoms with Crippen LogP contribution in [-0.4, -0.2) is 47.1 Å². The number of anilines is 1. The van der Waals surface area contributed by atoms with Gasteiger partial charge in [-0.1, -0.05) is 36.8 Å². The van der Waals surface area contributed by atoms with E-state index in [-0.39, 0.29) is 34.1 Å². The van der Waals surface area contributed by atoms with Gasteiger partial charge in [0.25, 0.3) is 5.78 Å². The molecule has 1 N–H and O–H groups in total. The highest BCUT2D eigenvalue weighted by atomic mass is 32.1. The highest BCUT2D eigenvalue weighted by Crippen LogP contribution is 2.45. The molecule has 10 heteroatoms. The molecule has 2 aliphatic rings. The molecule has 1 fully saturated rings. The lowest BCUT2D eigenvalue weighted by atomic mass is 9.94. The van der Waals surface area contributed by atoms with Crippen LogP contribution in [0.1, 0.15) is 71.7 Å². The number of rotatable bonds is 9. The summed E-state index contributed by atoms with van der Waals surface area (Å²) in [5.74, 6) is -1.24. The van der Waals surface area contributed by atoms with Crippen molar-refractivity contribution in [2.24, 2.45) is 0 Å². The van der Waals surface area contributed by atoms with Gasteiger partial charge in [-0.15, -0.1) is 0 Å². The lowest BCUT2D eigenvalue weighted by Gasteiger charge is -2.23. The molecular formula is C31H32N2O7S. The van der Waals surface area contributed by atoms with Crippen molar-refractivity contribution >= 4 is 39.9 Å². The number of esters is 1. The number of thiazole rings is 1. The third-order valence-corrected chi connectivity index (χ3v) is 8.14. The Hall–Kier alpha value is -4.18. The second-order valence-corrected chi connectivity index (χ2v) is 11.0. The number of amides is 1. The summed E-state index contributed by atoms with van der Waals surface area (Å²) in [5.41, 5.74) is 2.19. The van der Waals surface area contributed by atoms with E-state index in [4.69, 9.17) is 14.2 Å². The number of Topliss-reactive ketones (excluding diaryl/α,β-unsaturated/α-hetero) is 1. The van der Waals surface area contributed by atoms with E-state index < -0.39 is 23.7 Å². The number of ether oxygens (including phenoxy) is 3. The van der Waals surface area contributed by atoms with Gasteiger partial charge in [0.15, 0.2) is 5.13 Å². The van der Waals surface area contributed by atoms with Crippen LogP contribution in [0.2, 0.25) is 0 Å². The maximum atomic E-state index is 13.6. The Labute approximate surface area is 242 Å². The second kappa shape index (κ2) is 11.7. The van der Waals surface area contributed by atoms with Crippen LogP contribution in [0.15, 0.2) is 48.0 Å². The molecule has 214 valence electrons. The van der Waals surface area contributed by atoms with Gasteiger partial charge < -0.3 is 19.3 Å². The largest absolute Gasteiger partial charge is 0.507 e. The van der Waals surface area contributed by atoms with Gasteiger partial charge in [-0.2, -0.15) is 0 Å². The van der Waals surface area contributed by atoms with Crippen LogP contribution < -0.4 is 14.4 Å². The number of benzene rings is 2. The first-order chi connectivity index (χ1) is 19.7. The summed E-state index contributed by atoms with van der Waals surface area (Å²) in [6.07, 6.45) is 2.51. The first-order valence-electron chi connectivity index (χ1n) is 13.7. The Kier molecular flexibility index (Phi) is 8.12. The zero-order valence-electron chi connectivity index (χ0n) is 23.4. The number of carbonyl (C=O) groups is 3. The number of aromatic nitrogens is 1. The van der Waals surface area contributed by atoms with Crippen LogP contribution >= 0.6 is 11.3 Å². The van der Waals surface area contributed by atoms with E-state index in [0.717, 1.165) is 35.5 Å². The molecule has 2 atom stereocenters. The van der Waals surface area contributed by atoms with E-state index in [1.807, 2.05) is 6.92 Å². The van der Waals surface area contributed by atoms with Crippen molar-refractivity contribution in [3.8, 4) is 11.5 Å². The number of aliphatic hydroxyl groups is 1. The highest BCUT2D eigenvalue weighted by Gasteiger charge is 2.48. The molecule has 3 aromatic rings. The molecule has 5 rings (SSSR count). The number of hydrogen-bond donors (Lipinski definition) is 1. The molecule has 0 aliphatic carbocycles. The monoisotopic (exact) mass is 576 g/mol. The zero-order chi connectivity index (χ0) is 29.3. The smallest absolute Gasteiger partial charge is 0.350 e. The van der Waals surface area contributed by atoms with Crippen LogP contribution in [0.4, 0.5) is 5.13 Å². The van der Waals surface area contributed by atoms with E-state index in [1.54, 1.807) is 56.3 Å². The van der Waals surface area contributed by atoms with Gasteiger partial charge in [-0.3, -0.25) is 14.5 Å². The third-order valence-electron chi connectivity index (χ3n) is 7.01. The molecule has 0 saturated carbocycles. The number of unbranched alkanes of at least 4 members (excludes halogenated alkanes) is 1. The fraction of sp³-hybridized carbons (Fsp3) is 0.355. The van der Waals surface area contributed by atoms with E-state index in [0.29, 0.717) is 35.6 Å². The molecule has 9 nitrogen and oxygen atoms in total.